The third kappa shape index (κ3) is 3.98. The van der Waals surface area contributed by atoms with Crippen molar-refractivity contribution in [3.8, 4) is 0 Å². The van der Waals surface area contributed by atoms with Gasteiger partial charge in [0.2, 0.25) is 0 Å². The molecule has 17 heavy (non-hydrogen) atoms. The van der Waals surface area contributed by atoms with Gasteiger partial charge in [0.25, 0.3) is 0 Å². The zero-order chi connectivity index (χ0) is 13.3. The van der Waals surface area contributed by atoms with Crippen LogP contribution in [0.5, 0.6) is 0 Å². The standard InChI is InChI=1S/C12H22O4S/c1-12(2,8-11(13)14)9-5-4-6-10(7-9)17(3,15)16/h9-10H,4-8H2,1-3H3,(H,13,14). The quantitative estimate of drug-likeness (QED) is 0.842. The van der Waals surface area contributed by atoms with Gasteiger partial charge in [-0.25, -0.2) is 8.42 Å². The highest BCUT2D eigenvalue weighted by Crippen LogP contribution is 2.42. The fourth-order valence-electron chi connectivity index (χ4n) is 2.78. The summed E-state index contributed by atoms with van der Waals surface area (Å²) >= 11 is 0. The predicted octanol–water partition coefficient (Wildman–Crippen LogP) is 2.09. The van der Waals surface area contributed by atoms with Gasteiger partial charge in [0, 0.05) is 6.26 Å². The van der Waals surface area contributed by atoms with E-state index in [1.54, 1.807) is 0 Å². The van der Waals surface area contributed by atoms with Crippen molar-refractivity contribution in [3.05, 3.63) is 0 Å². The summed E-state index contributed by atoms with van der Waals surface area (Å²) in [5.41, 5.74) is -0.324. The van der Waals surface area contributed by atoms with Gasteiger partial charge in [-0.1, -0.05) is 20.3 Å². The topological polar surface area (TPSA) is 71.4 Å². The Morgan fingerprint density at radius 3 is 2.41 bits per heavy atom. The Morgan fingerprint density at radius 1 is 1.35 bits per heavy atom. The van der Waals surface area contributed by atoms with Crippen LogP contribution in [0.4, 0.5) is 0 Å². The Morgan fingerprint density at radius 2 is 1.94 bits per heavy atom. The van der Waals surface area contributed by atoms with Gasteiger partial charge in [-0.05, 0) is 30.6 Å². The number of hydrogen-bond donors (Lipinski definition) is 1. The van der Waals surface area contributed by atoms with Crippen molar-refractivity contribution >= 4 is 15.8 Å². The molecule has 0 aromatic carbocycles. The maximum Gasteiger partial charge on any atom is 0.303 e. The van der Waals surface area contributed by atoms with Crippen LogP contribution in [0, 0.1) is 11.3 Å². The van der Waals surface area contributed by atoms with Crippen molar-refractivity contribution in [1.29, 1.82) is 0 Å². The van der Waals surface area contributed by atoms with E-state index in [4.69, 9.17) is 5.11 Å². The van der Waals surface area contributed by atoms with Crippen LogP contribution in [-0.4, -0.2) is 31.0 Å². The number of aliphatic carboxylic acids is 1. The molecule has 1 aliphatic rings. The molecule has 0 radical (unpaired) electrons. The highest BCUT2D eigenvalue weighted by atomic mass is 32.2. The van der Waals surface area contributed by atoms with E-state index in [-0.39, 0.29) is 23.0 Å². The number of rotatable bonds is 4. The van der Waals surface area contributed by atoms with E-state index in [0.717, 1.165) is 19.3 Å². The molecule has 1 rings (SSSR count). The van der Waals surface area contributed by atoms with Crippen LogP contribution in [-0.2, 0) is 14.6 Å². The molecule has 1 saturated carbocycles. The van der Waals surface area contributed by atoms with Crippen LogP contribution in [0.1, 0.15) is 46.0 Å². The molecule has 0 spiro atoms. The first kappa shape index (κ1) is 14.5. The molecule has 0 amide bonds. The molecule has 0 heterocycles. The molecule has 1 fully saturated rings. The molecule has 100 valence electrons. The maximum atomic E-state index is 11.6. The molecule has 0 bridgehead atoms. The molecule has 2 atom stereocenters. The van der Waals surface area contributed by atoms with Gasteiger partial charge in [-0.3, -0.25) is 4.79 Å². The second-order valence-corrected chi connectivity index (χ2v) is 8.20. The molecule has 0 aromatic rings. The van der Waals surface area contributed by atoms with Gasteiger partial charge >= 0.3 is 5.97 Å². The molecular weight excluding hydrogens is 240 g/mol. The van der Waals surface area contributed by atoms with Crippen LogP contribution in [0.2, 0.25) is 0 Å². The molecule has 0 aromatic heterocycles. The van der Waals surface area contributed by atoms with Crippen LogP contribution in [0.3, 0.4) is 0 Å². The zero-order valence-electron chi connectivity index (χ0n) is 10.8. The largest absolute Gasteiger partial charge is 0.481 e. The number of hydrogen-bond acceptors (Lipinski definition) is 3. The molecule has 0 aliphatic heterocycles. The maximum absolute atomic E-state index is 11.6. The van der Waals surface area contributed by atoms with E-state index in [2.05, 4.69) is 0 Å². The minimum absolute atomic E-state index is 0.105. The summed E-state index contributed by atoms with van der Waals surface area (Å²) in [6, 6.07) is 0. The molecule has 2 unspecified atom stereocenters. The van der Waals surface area contributed by atoms with Crippen LogP contribution < -0.4 is 0 Å². The van der Waals surface area contributed by atoms with E-state index in [1.807, 2.05) is 13.8 Å². The lowest BCUT2D eigenvalue weighted by atomic mass is 9.69. The lowest BCUT2D eigenvalue weighted by Crippen LogP contribution is -2.35. The van der Waals surface area contributed by atoms with Crippen molar-refractivity contribution in [2.75, 3.05) is 6.26 Å². The molecule has 0 saturated heterocycles. The molecule has 4 nitrogen and oxygen atoms in total. The van der Waals surface area contributed by atoms with Gasteiger partial charge in [0.05, 0.1) is 11.7 Å². The van der Waals surface area contributed by atoms with Gasteiger partial charge in [0.15, 0.2) is 0 Å². The van der Waals surface area contributed by atoms with Crippen molar-refractivity contribution in [2.45, 2.75) is 51.2 Å². The van der Waals surface area contributed by atoms with E-state index in [0.29, 0.717) is 6.42 Å². The summed E-state index contributed by atoms with van der Waals surface area (Å²) < 4.78 is 23.1. The lowest BCUT2D eigenvalue weighted by Gasteiger charge is -2.38. The predicted molar refractivity (Wildman–Crippen MR) is 66.6 cm³/mol. The first-order valence-electron chi connectivity index (χ1n) is 6.03. The fourth-order valence-corrected chi connectivity index (χ4v) is 3.95. The van der Waals surface area contributed by atoms with Crippen molar-refractivity contribution in [2.24, 2.45) is 11.3 Å². The van der Waals surface area contributed by atoms with Crippen LogP contribution >= 0.6 is 0 Å². The third-order valence-corrected chi connectivity index (χ3v) is 5.58. The van der Waals surface area contributed by atoms with E-state index in [9.17, 15) is 13.2 Å². The second-order valence-electron chi connectivity index (χ2n) is 5.87. The lowest BCUT2D eigenvalue weighted by molar-refractivity contribution is -0.140. The summed E-state index contributed by atoms with van der Waals surface area (Å²) in [4.78, 5) is 10.8. The minimum Gasteiger partial charge on any atom is -0.481 e. The SMILES string of the molecule is CC(C)(CC(=O)O)C1CCCC(S(C)(=O)=O)C1. The molecule has 5 heteroatoms. The van der Waals surface area contributed by atoms with Crippen LogP contribution in [0.25, 0.3) is 0 Å². The smallest absolute Gasteiger partial charge is 0.303 e. The Balaban J connectivity index is 2.76. The zero-order valence-corrected chi connectivity index (χ0v) is 11.6. The Bertz CT molecular complexity index is 383. The summed E-state index contributed by atoms with van der Waals surface area (Å²) in [6.45, 7) is 3.85. The number of carbonyl (C=O) groups is 1. The van der Waals surface area contributed by atoms with Crippen molar-refractivity contribution in [1.82, 2.24) is 0 Å². The van der Waals surface area contributed by atoms with E-state index in [1.165, 1.54) is 6.26 Å². The Kier molecular flexibility index (Phi) is 4.23. The first-order chi connectivity index (χ1) is 7.63. The molecular formula is C12H22O4S. The van der Waals surface area contributed by atoms with E-state index >= 15 is 0 Å². The number of carboxylic acid groups (broad SMARTS) is 1. The minimum atomic E-state index is -2.99. The average Bonchev–Trinajstić information content (AvgIpc) is 2.14. The van der Waals surface area contributed by atoms with Gasteiger partial charge in [-0.2, -0.15) is 0 Å². The third-order valence-electron chi connectivity index (χ3n) is 3.94. The molecule has 1 aliphatic carbocycles. The summed E-state index contributed by atoms with van der Waals surface area (Å²) in [6.07, 6.45) is 4.54. The van der Waals surface area contributed by atoms with Crippen LogP contribution in [0.15, 0.2) is 0 Å². The number of sulfone groups is 1. The second kappa shape index (κ2) is 4.96. The summed E-state index contributed by atoms with van der Waals surface area (Å²) in [5, 5.41) is 8.60. The summed E-state index contributed by atoms with van der Waals surface area (Å²) in [5.74, 6) is -0.622. The van der Waals surface area contributed by atoms with Gasteiger partial charge < -0.3 is 5.11 Å². The summed E-state index contributed by atoms with van der Waals surface area (Å²) in [7, 11) is -2.99. The van der Waals surface area contributed by atoms with E-state index < -0.39 is 15.8 Å². The molecule has 1 N–H and O–H groups in total. The van der Waals surface area contributed by atoms with Crippen molar-refractivity contribution in [3.63, 3.8) is 0 Å². The van der Waals surface area contributed by atoms with Gasteiger partial charge in [0.1, 0.15) is 9.84 Å². The normalized spacial score (nSPS) is 26.8. The highest BCUT2D eigenvalue weighted by molar-refractivity contribution is 7.91. The first-order valence-corrected chi connectivity index (χ1v) is 7.99. The monoisotopic (exact) mass is 262 g/mol. The fraction of sp³-hybridized carbons (Fsp3) is 0.917. The average molecular weight is 262 g/mol. The highest BCUT2D eigenvalue weighted by Gasteiger charge is 2.38. The number of carboxylic acids is 1. The van der Waals surface area contributed by atoms with Crippen molar-refractivity contribution < 1.29 is 18.3 Å². The van der Waals surface area contributed by atoms with Gasteiger partial charge in [-0.15, -0.1) is 0 Å². The Labute approximate surface area is 103 Å². The Hall–Kier alpha value is -0.580.